The maximum Gasteiger partial charge on any atom is 0.274 e. The van der Waals surface area contributed by atoms with Crippen molar-refractivity contribution in [1.29, 1.82) is 0 Å². The summed E-state index contributed by atoms with van der Waals surface area (Å²) in [5, 5.41) is 16.8. The van der Waals surface area contributed by atoms with Crippen LogP contribution in [0.2, 0.25) is 0 Å². The maximum absolute atomic E-state index is 10.5. The fourth-order valence-corrected chi connectivity index (χ4v) is 0.285. The van der Waals surface area contributed by atoms with E-state index in [0.29, 0.717) is 0 Å². The van der Waals surface area contributed by atoms with Crippen LogP contribution in [0.25, 0.3) is 0 Å². The monoisotopic (exact) mass is 131 g/mol. The lowest BCUT2D eigenvalue weighted by atomic mass is 10.3. The van der Waals surface area contributed by atoms with Crippen molar-refractivity contribution < 1.29 is 15.1 Å². The Hall–Kier alpha value is -0.870. The molecule has 0 radical (unpaired) electrons. The van der Waals surface area contributed by atoms with Gasteiger partial charge in [0.1, 0.15) is 6.73 Å². The quantitative estimate of drug-likeness (QED) is 0.235. The Kier molecular flexibility index (Phi) is 2.90. The Morgan fingerprint density at radius 3 is 2.33 bits per heavy atom. The van der Waals surface area contributed by atoms with Gasteiger partial charge in [0, 0.05) is 5.57 Å². The molecule has 4 nitrogen and oxygen atoms in total. The number of hydrogen-bond acceptors (Lipinski definition) is 3. The molecule has 0 atom stereocenters. The normalized spacial score (nSPS) is 8.78. The molecule has 0 spiro atoms. The number of aliphatic hydroxyl groups is 1. The minimum absolute atomic E-state index is 0.183. The van der Waals surface area contributed by atoms with E-state index < -0.39 is 12.6 Å². The molecule has 0 bridgehead atoms. The van der Waals surface area contributed by atoms with E-state index in [-0.39, 0.29) is 10.6 Å². The predicted molar refractivity (Wildman–Crippen MR) is 30.5 cm³/mol. The van der Waals surface area contributed by atoms with Crippen molar-refractivity contribution in [2.45, 2.75) is 6.92 Å². The van der Waals surface area contributed by atoms with E-state index in [4.69, 9.17) is 10.3 Å². The van der Waals surface area contributed by atoms with Crippen molar-refractivity contribution in [3.8, 4) is 0 Å². The molecule has 0 aliphatic carbocycles. The molecule has 0 aromatic carbocycles. The zero-order chi connectivity index (χ0) is 7.44. The van der Waals surface area contributed by atoms with Crippen molar-refractivity contribution in [1.82, 2.24) is 5.06 Å². The topological polar surface area (TPSA) is 60.8 Å². The second-order valence-corrected chi connectivity index (χ2v) is 1.63. The number of amides is 1. The van der Waals surface area contributed by atoms with Gasteiger partial charge in [-0.15, -0.1) is 0 Å². The Morgan fingerprint density at radius 1 is 1.78 bits per heavy atom. The highest BCUT2D eigenvalue weighted by molar-refractivity contribution is 5.91. The van der Waals surface area contributed by atoms with E-state index in [9.17, 15) is 4.79 Å². The minimum Gasteiger partial charge on any atom is -0.374 e. The molecular formula is C5H9NO3. The average molecular weight is 131 g/mol. The third-order valence-electron chi connectivity index (χ3n) is 0.733. The third-order valence-corrected chi connectivity index (χ3v) is 0.733. The van der Waals surface area contributed by atoms with Crippen LogP contribution in [0.1, 0.15) is 6.92 Å². The van der Waals surface area contributed by atoms with Crippen LogP contribution in [0.4, 0.5) is 0 Å². The number of hydrogen-bond donors (Lipinski definition) is 2. The second kappa shape index (κ2) is 3.21. The van der Waals surface area contributed by atoms with Gasteiger partial charge in [-0.1, -0.05) is 6.58 Å². The van der Waals surface area contributed by atoms with E-state index in [2.05, 4.69) is 6.58 Å². The van der Waals surface area contributed by atoms with E-state index in [1.165, 1.54) is 6.92 Å². The molecule has 0 aromatic rings. The summed E-state index contributed by atoms with van der Waals surface area (Å²) in [5.41, 5.74) is 0.187. The smallest absolute Gasteiger partial charge is 0.274 e. The number of carbonyl (C=O) groups is 1. The fraction of sp³-hybridized carbons (Fsp3) is 0.400. The summed E-state index contributed by atoms with van der Waals surface area (Å²) in [7, 11) is 0. The molecule has 0 aliphatic rings. The Bertz CT molecular complexity index is 132. The largest absolute Gasteiger partial charge is 0.374 e. The molecule has 0 aromatic heterocycles. The highest BCUT2D eigenvalue weighted by atomic mass is 16.5. The first-order valence-electron chi connectivity index (χ1n) is 2.36. The van der Waals surface area contributed by atoms with E-state index in [1.54, 1.807) is 0 Å². The molecule has 0 fully saturated rings. The van der Waals surface area contributed by atoms with Crippen molar-refractivity contribution >= 4 is 5.91 Å². The van der Waals surface area contributed by atoms with Crippen LogP contribution in [0, 0.1) is 0 Å². The van der Waals surface area contributed by atoms with Crippen LogP contribution >= 0.6 is 0 Å². The van der Waals surface area contributed by atoms with Gasteiger partial charge in [-0.05, 0) is 6.92 Å². The average Bonchev–Trinajstić information content (AvgIpc) is 1.84. The van der Waals surface area contributed by atoms with Crippen molar-refractivity contribution in [3.05, 3.63) is 12.2 Å². The summed E-state index contributed by atoms with van der Waals surface area (Å²) in [6.07, 6.45) is 0. The summed E-state index contributed by atoms with van der Waals surface area (Å²) in [4.78, 5) is 10.5. The van der Waals surface area contributed by atoms with Crippen molar-refractivity contribution in [2.75, 3.05) is 6.73 Å². The highest BCUT2D eigenvalue weighted by Gasteiger charge is 2.08. The molecule has 0 unspecified atom stereocenters. The number of nitrogens with zero attached hydrogens (tertiary/aromatic N) is 1. The lowest BCUT2D eigenvalue weighted by molar-refractivity contribution is -0.175. The van der Waals surface area contributed by atoms with E-state index in [0.717, 1.165) is 0 Å². The third kappa shape index (κ3) is 2.25. The molecule has 0 aliphatic heterocycles. The molecule has 9 heavy (non-hydrogen) atoms. The second-order valence-electron chi connectivity index (χ2n) is 1.63. The lowest BCUT2D eigenvalue weighted by Gasteiger charge is -2.09. The van der Waals surface area contributed by atoms with Gasteiger partial charge in [0.15, 0.2) is 0 Å². The molecule has 0 saturated heterocycles. The summed E-state index contributed by atoms with van der Waals surface area (Å²) >= 11 is 0. The maximum atomic E-state index is 10.5. The molecule has 1 amide bonds. The lowest BCUT2D eigenvalue weighted by Crippen LogP contribution is -2.28. The molecule has 52 valence electrons. The first kappa shape index (κ1) is 8.13. The van der Waals surface area contributed by atoms with Gasteiger partial charge in [-0.3, -0.25) is 10.0 Å². The van der Waals surface area contributed by atoms with Gasteiger partial charge in [0.2, 0.25) is 0 Å². The first-order valence-corrected chi connectivity index (χ1v) is 2.36. The molecule has 4 heteroatoms. The van der Waals surface area contributed by atoms with Gasteiger partial charge >= 0.3 is 0 Å². The van der Waals surface area contributed by atoms with Gasteiger partial charge < -0.3 is 5.11 Å². The van der Waals surface area contributed by atoms with E-state index in [1.807, 2.05) is 0 Å². The van der Waals surface area contributed by atoms with Crippen LogP contribution < -0.4 is 0 Å². The van der Waals surface area contributed by atoms with Crippen LogP contribution in [-0.2, 0) is 4.79 Å². The van der Waals surface area contributed by atoms with Crippen LogP contribution in [0.5, 0.6) is 0 Å². The molecule has 0 saturated carbocycles. The van der Waals surface area contributed by atoms with Crippen LogP contribution in [-0.4, -0.2) is 28.0 Å². The van der Waals surface area contributed by atoms with Crippen molar-refractivity contribution in [2.24, 2.45) is 0 Å². The Balaban J connectivity index is 3.88. The molecule has 0 heterocycles. The molecule has 2 N–H and O–H groups in total. The number of aliphatic hydroxyl groups excluding tert-OH is 1. The van der Waals surface area contributed by atoms with Gasteiger partial charge in [-0.25, -0.2) is 0 Å². The first-order chi connectivity index (χ1) is 4.09. The number of rotatable bonds is 2. The zero-order valence-electron chi connectivity index (χ0n) is 5.16. The minimum atomic E-state index is -0.703. The summed E-state index contributed by atoms with van der Waals surface area (Å²) in [6.45, 7) is 4.00. The Labute approximate surface area is 53.0 Å². The Morgan fingerprint density at radius 2 is 2.22 bits per heavy atom. The van der Waals surface area contributed by atoms with Gasteiger partial charge in [0.25, 0.3) is 5.91 Å². The van der Waals surface area contributed by atoms with Crippen molar-refractivity contribution in [3.63, 3.8) is 0 Å². The van der Waals surface area contributed by atoms with Crippen LogP contribution in [0.15, 0.2) is 12.2 Å². The summed E-state index contributed by atoms with van der Waals surface area (Å²) in [5.74, 6) is -0.669. The highest BCUT2D eigenvalue weighted by Crippen LogP contribution is 1.92. The number of carbonyl (C=O) groups excluding carboxylic acids is 1. The molecule has 0 rings (SSSR count). The standard InChI is InChI=1S/C5H9NO3/c1-4(2)5(8)6(9)3-7/h7,9H,1,3H2,2H3. The molecular weight excluding hydrogens is 122 g/mol. The zero-order valence-corrected chi connectivity index (χ0v) is 5.16. The summed E-state index contributed by atoms with van der Waals surface area (Å²) < 4.78 is 0. The van der Waals surface area contributed by atoms with Gasteiger partial charge in [0.05, 0.1) is 0 Å². The predicted octanol–water partition coefficient (Wildman–Crippen LogP) is -0.270. The number of hydroxylamine groups is 2. The fourth-order valence-electron chi connectivity index (χ4n) is 0.285. The van der Waals surface area contributed by atoms with Gasteiger partial charge in [-0.2, -0.15) is 5.06 Å². The SMILES string of the molecule is C=C(C)C(=O)N(O)CO. The van der Waals surface area contributed by atoms with Crippen LogP contribution in [0.3, 0.4) is 0 Å². The summed E-state index contributed by atoms with van der Waals surface area (Å²) in [6, 6.07) is 0. The van der Waals surface area contributed by atoms with E-state index >= 15 is 0 Å².